The second-order valence-corrected chi connectivity index (χ2v) is 6.22. The number of rotatable bonds is 4. The molecule has 1 fully saturated rings. The summed E-state index contributed by atoms with van der Waals surface area (Å²) in [6.07, 6.45) is 2.28. The molecule has 0 bridgehead atoms. The standard InChI is InChI=1S/C15H23F2N3O/c1-10(2)13-8-20(19-11(13)3)9-14(21)18-12-4-6-15(16,17)7-5-12/h8,10,12H,4-7,9H2,1-3H3,(H,18,21). The number of aromatic nitrogens is 2. The zero-order valence-corrected chi connectivity index (χ0v) is 12.8. The van der Waals surface area contributed by atoms with Crippen LogP contribution in [-0.4, -0.2) is 27.7 Å². The van der Waals surface area contributed by atoms with E-state index < -0.39 is 5.92 Å². The minimum Gasteiger partial charge on any atom is -0.352 e. The number of carbonyl (C=O) groups excluding carboxylic acids is 1. The first-order valence-electron chi connectivity index (χ1n) is 7.48. The van der Waals surface area contributed by atoms with Gasteiger partial charge in [-0.05, 0) is 31.2 Å². The maximum absolute atomic E-state index is 13.1. The quantitative estimate of drug-likeness (QED) is 0.929. The molecule has 1 amide bonds. The number of halogens is 2. The Morgan fingerprint density at radius 2 is 2.10 bits per heavy atom. The number of hydrogen-bond donors (Lipinski definition) is 1. The van der Waals surface area contributed by atoms with Crippen molar-refractivity contribution < 1.29 is 13.6 Å². The highest BCUT2D eigenvalue weighted by Crippen LogP contribution is 2.32. The van der Waals surface area contributed by atoms with E-state index in [1.54, 1.807) is 4.68 Å². The van der Waals surface area contributed by atoms with Crippen LogP contribution in [-0.2, 0) is 11.3 Å². The Labute approximate surface area is 123 Å². The van der Waals surface area contributed by atoms with E-state index in [-0.39, 0.29) is 31.3 Å². The zero-order chi connectivity index (χ0) is 15.6. The van der Waals surface area contributed by atoms with Crippen LogP contribution >= 0.6 is 0 Å². The molecule has 1 aromatic rings. The summed E-state index contributed by atoms with van der Waals surface area (Å²) in [4.78, 5) is 12.0. The van der Waals surface area contributed by atoms with Crippen molar-refractivity contribution in [2.45, 2.75) is 70.9 Å². The summed E-state index contributed by atoms with van der Waals surface area (Å²) in [6, 6.07) is -0.140. The lowest BCUT2D eigenvalue weighted by Gasteiger charge is -2.28. The van der Waals surface area contributed by atoms with Gasteiger partial charge in [0.05, 0.1) is 5.69 Å². The molecule has 4 nitrogen and oxygen atoms in total. The van der Waals surface area contributed by atoms with Crippen molar-refractivity contribution in [1.29, 1.82) is 0 Å². The molecular formula is C15H23F2N3O. The first-order chi connectivity index (χ1) is 9.77. The molecule has 21 heavy (non-hydrogen) atoms. The summed E-state index contributed by atoms with van der Waals surface area (Å²) < 4.78 is 27.7. The van der Waals surface area contributed by atoms with Crippen LogP contribution in [0.1, 0.15) is 56.7 Å². The minimum atomic E-state index is -2.56. The highest BCUT2D eigenvalue weighted by atomic mass is 19.3. The molecule has 0 aliphatic heterocycles. The van der Waals surface area contributed by atoms with Crippen LogP contribution in [0.25, 0.3) is 0 Å². The molecule has 1 aliphatic carbocycles. The predicted octanol–water partition coefficient (Wildman–Crippen LogP) is 3.01. The van der Waals surface area contributed by atoms with E-state index in [9.17, 15) is 13.6 Å². The monoisotopic (exact) mass is 299 g/mol. The average Bonchev–Trinajstić information content (AvgIpc) is 2.73. The number of alkyl halides is 2. The lowest BCUT2D eigenvalue weighted by Crippen LogP contribution is -2.41. The molecule has 0 aromatic carbocycles. The molecule has 2 rings (SSSR count). The Hall–Kier alpha value is -1.46. The summed E-state index contributed by atoms with van der Waals surface area (Å²) >= 11 is 0. The normalized spacial score (nSPS) is 19.0. The summed E-state index contributed by atoms with van der Waals surface area (Å²) in [5.74, 6) is -2.36. The molecule has 0 unspecified atom stereocenters. The molecule has 118 valence electrons. The lowest BCUT2D eigenvalue weighted by atomic mass is 9.92. The largest absolute Gasteiger partial charge is 0.352 e. The maximum Gasteiger partial charge on any atom is 0.248 e. The second-order valence-electron chi connectivity index (χ2n) is 6.22. The van der Waals surface area contributed by atoms with Gasteiger partial charge in [0.25, 0.3) is 0 Å². The van der Waals surface area contributed by atoms with Gasteiger partial charge in [-0.2, -0.15) is 5.10 Å². The fraction of sp³-hybridized carbons (Fsp3) is 0.733. The van der Waals surface area contributed by atoms with E-state index in [4.69, 9.17) is 0 Å². The van der Waals surface area contributed by atoms with Crippen LogP contribution in [0, 0.1) is 6.92 Å². The number of hydrogen-bond acceptors (Lipinski definition) is 2. The molecule has 0 radical (unpaired) electrons. The summed E-state index contributed by atoms with van der Waals surface area (Å²) in [6.45, 7) is 6.22. The lowest BCUT2D eigenvalue weighted by molar-refractivity contribution is -0.123. The van der Waals surface area contributed by atoms with Crippen molar-refractivity contribution in [3.8, 4) is 0 Å². The van der Waals surface area contributed by atoms with Gasteiger partial charge < -0.3 is 5.32 Å². The SMILES string of the molecule is Cc1nn(CC(=O)NC2CCC(F)(F)CC2)cc1C(C)C. The van der Waals surface area contributed by atoms with Gasteiger partial charge in [0.15, 0.2) is 0 Å². The molecule has 1 N–H and O–H groups in total. The van der Waals surface area contributed by atoms with Gasteiger partial charge in [0, 0.05) is 25.1 Å². The highest BCUT2D eigenvalue weighted by Gasteiger charge is 2.35. The number of amides is 1. The molecule has 1 aliphatic rings. The fourth-order valence-corrected chi connectivity index (χ4v) is 2.79. The number of carbonyl (C=O) groups is 1. The van der Waals surface area contributed by atoms with Crippen molar-refractivity contribution in [1.82, 2.24) is 15.1 Å². The van der Waals surface area contributed by atoms with Crippen molar-refractivity contribution in [3.05, 3.63) is 17.5 Å². The topological polar surface area (TPSA) is 46.9 Å². The van der Waals surface area contributed by atoms with Gasteiger partial charge in [-0.3, -0.25) is 9.48 Å². The smallest absolute Gasteiger partial charge is 0.248 e. The first-order valence-corrected chi connectivity index (χ1v) is 7.48. The summed E-state index contributed by atoms with van der Waals surface area (Å²) in [5, 5.41) is 7.15. The molecule has 0 spiro atoms. The molecule has 0 saturated heterocycles. The molecule has 6 heteroatoms. The average molecular weight is 299 g/mol. The van der Waals surface area contributed by atoms with Crippen LogP contribution in [0.15, 0.2) is 6.20 Å². The first kappa shape index (κ1) is 15.9. The third-order valence-corrected chi connectivity index (χ3v) is 3.99. The maximum atomic E-state index is 13.1. The third-order valence-electron chi connectivity index (χ3n) is 3.99. The van der Waals surface area contributed by atoms with Gasteiger partial charge in [0.2, 0.25) is 11.8 Å². The van der Waals surface area contributed by atoms with Gasteiger partial charge >= 0.3 is 0 Å². The van der Waals surface area contributed by atoms with Gasteiger partial charge in [-0.25, -0.2) is 8.78 Å². The predicted molar refractivity (Wildman–Crippen MR) is 76.4 cm³/mol. The van der Waals surface area contributed by atoms with Gasteiger partial charge in [-0.1, -0.05) is 13.8 Å². The zero-order valence-electron chi connectivity index (χ0n) is 12.8. The van der Waals surface area contributed by atoms with Crippen LogP contribution < -0.4 is 5.32 Å². The van der Waals surface area contributed by atoms with Crippen LogP contribution in [0.2, 0.25) is 0 Å². The second kappa shape index (κ2) is 6.12. The van der Waals surface area contributed by atoms with Crippen molar-refractivity contribution in [3.63, 3.8) is 0 Å². The number of nitrogens with one attached hydrogen (secondary N) is 1. The Kier molecular flexibility index (Phi) is 4.64. The van der Waals surface area contributed by atoms with Crippen LogP contribution in [0.5, 0.6) is 0 Å². The van der Waals surface area contributed by atoms with E-state index in [2.05, 4.69) is 24.3 Å². The molecule has 1 saturated carbocycles. The Morgan fingerprint density at radius 1 is 1.48 bits per heavy atom. The Morgan fingerprint density at radius 3 is 2.62 bits per heavy atom. The molecular weight excluding hydrogens is 276 g/mol. The van der Waals surface area contributed by atoms with Crippen molar-refractivity contribution in [2.75, 3.05) is 0 Å². The minimum absolute atomic E-state index is 0.139. The molecule has 1 aromatic heterocycles. The van der Waals surface area contributed by atoms with E-state index in [1.807, 2.05) is 13.1 Å². The number of aryl methyl sites for hydroxylation is 1. The van der Waals surface area contributed by atoms with Crippen LogP contribution in [0.3, 0.4) is 0 Å². The van der Waals surface area contributed by atoms with Gasteiger partial charge in [0.1, 0.15) is 6.54 Å². The van der Waals surface area contributed by atoms with E-state index in [0.29, 0.717) is 18.8 Å². The molecule has 0 atom stereocenters. The van der Waals surface area contributed by atoms with Crippen molar-refractivity contribution >= 4 is 5.91 Å². The molecule has 1 heterocycles. The van der Waals surface area contributed by atoms with E-state index >= 15 is 0 Å². The highest BCUT2D eigenvalue weighted by molar-refractivity contribution is 5.76. The van der Waals surface area contributed by atoms with Crippen LogP contribution in [0.4, 0.5) is 8.78 Å². The Balaban J connectivity index is 1.86. The van der Waals surface area contributed by atoms with Gasteiger partial charge in [-0.15, -0.1) is 0 Å². The van der Waals surface area contributed by atoms with E-state index in [0.717, 1.165) is 11.3 Å². The fourth-order valence-electron chi connectivity index (χ4n) is 2.79. The Bertz CT molecular complexity index is 501. The van der Waals surface area contributed by atoms with Crippen molar-refractivity contribution in [2.24, 2.45) is 0 Å². The summed E-state index contributed by atoms with van der Waals surface area (Å²) in [5.41, 5.74) is 2.05. The number of nitrogens with zero attached hydrogens (tertiary/aromatic N) is 2. The third kappa shape index (κ3) is 4.25. The van der Waals surface area contributed by atoms with E-state index in [1.165, 1.54) is 0 Å². The summed E-state index contributed by atoms with van der Waals surface area (Å²) in [7, 11) is 0.